The van der Waals surface area contributed by atoms with Crippen molar-refractivity contribution in [2.24, 2.45) is 0 Å². The zero-order valence-corrected chi connectivity index (χ0v) is 9.54. The summed E-state index contributed by atoms with van der Waals surface area (Å²) < 4.78 is 43.6. The lowest BCUT2D eigenvalue weighted by molar-refractivity contribution is -0.142. The molecule has 6 heteroatoms. The highest BCUT2D eigenvalue weighted by Gasteiger charge is 2.21. The number of benzene rings is 1. The van der Waals surface area contributed by atoms with Crippen LogP contribution in [0.4, 0.5) is 13.2 Å². The van der Waals surface area contributed by atoms with Gasteiger partial charge in [0.05, 0.1) is 24.7 Å². The second-order valence-electron chi connectivity index (χ2n) is 3.42. The number of carbonyl (C=O) groups is 1. The maximum Gasteiger partial charge on any atom is 0.310 e. The minimum atomic E-state index is -2.96. The van der Waals surface area contributed by atoms with E-state index in [-0.39, 0.29) is 12.2 Å². The van der Waals surface area contributed by atoms with Crippen molar-refractivity contribution in [2.75, 3.05) is 6.61 Å². The summed E-state index contributed by atoms with van der Waals surface area (Å²) in [5.74, 6) is -1.79. The van der Waals surface area contributed by atoms with Gasteiger partial charge < -0.3 is 4.74 Å². The lowest BCUT2D eigenvalue weighted by Gasteiger charge is -2.10. The number of hydrogen-bond acceptors (Lipinski definition) is 3. The fraction of sp³-hybridized carbons (Fsp3) is 0.333. The fourth-order valence-electron chi connectivity index (χ4n) is 1.46. The highest BCUT2D eigenvalue weighted by Crippen LogP contribution is 2.27. The molecule has 0 saturated carbocycles. The van der Waals surface area contributed by atoms with Crippen LogP contribution in [-0.4, -0.2) is 12.6 Å². The van der Waals surface area contributed by atoms with Crippen molar-refractivity contribution < 1.29 is 22.7 Å². The molecule has 96 valence electrons. The van der Waals surface area contributed by atoms with E-state index in [1.54, 1.807) is 13.0 Å². The summed E-state index contributed by atoms with van der Waals surface area (Å²) in [5, 5.41) is 8.57. The quantitative estimate of drug-likeness (QED) is 0.779. The Balaban J connectivity index is 3.17. The zero-order chi connectivity index (χ0) is 13.7. The van der Waals surface area contributed by atoms with Crippen molar-refractivity contribution >= 4 is 5.97 Å². The number of carbonyl (C=O) groups excluding carboxylic acids is 1. The van der Waals surface area contributed by atoms with Crippen molar-refractivity contribution in [3.05, 3.63) is 34.6 Å². The molecule has 0 aromatic heterocycles. The Kier molecular flexibility index (Phi) is 4.72. The van der Waals surface area contributed by atoms with Crippen molar-refractivity contribution in [1.82, 2.24) is 0 Å². The largest absolute Gasteiger partial charge is 0.466 e. The Morgan fingerprint density at radius 1 is 1.50 bits per heavy atom. The summed E-state index contributed by atoms with van der Waals surface area (Å²) >= 11 is 0. The van der Waals surface area contributed by atoms with Crippen LogP contribution < -0.4 is 0 Å². The second kappa shape index (κ2) is 6.05. The summed E-state index contributed by atoms with van der Waals surface area (Å²) in [5.41, 5.74) is -1.29. The maximum absolute atomic E-state index is 13.6. The van der Waals surface area contributed by atoms with Gasteiger partial charge in [-0.3, -0.25) is 4.79 Å². The number of rotatable bonds is 4. The van der Waals surface area contributed by atoms with Crippen LogP contribution >= 0.6 is 0 Å². The fourth-order valence-corrected chi connectivity index (χ4v) is 1.46. The topological polar surface area (TPSA) is 50.1 Å². The molecule has 3 nitrogen and oxygen atoms in total. The number of esters is 1. The molecule has 0 aliphatic carbocycles. The third-order valence-corrected chi connectivity index (χ3v) is 2.22. The molecule has 0 amide bonds. The molecule has 0 aliphatic heterocycles. The van der Waals surface area contributed by atoms with Crippen LogP contribution in [0.2, 0.25) is 0 Å². The van der Waals surface area contributed by atoms with Crippen LogP contribution in [0.5, 0.6) is 0 Å². The summed E-state index contributed by atoms with van der Waals surface area (Å²) in [6.07, 6.45) is -3.54. The number of halogens is 3. The van der Waals surface area contributed by atoms with Gasteiger partial charge in [0, 0.05) is 11.1 Å². The summed E-state index contributed by atoms with van der Waals surface area (Å²) in [4.78, 5) is 11.2. The smallest absolute Gasteiger partial charge is 0.310 e. The van der Waals surface area contributed by atoms with E-state index in [0.29, 0.717) is 0 Å². The van der Waals surface area contributed by atoms with E-state index in [4.69, 9.17) is 5.26 Å². The SMILES string of the molecule is CCOC(=O)Cc1c(F)cc(C#N)cc1C(F)F. The molecule has 0 unspecified atom stereocenters. The monoisotopic (exact) mass is 257 g/mol. The minimum absolute atomic E-state index is 0.0841. The number of ether oxygens (including phenoxy) is 1. The van der Waals surface area contributed by atoms with Crippen LogP contribution in [0.15, 0.2) is 12.1 Å². The highest BCUT2D eigenvalue weighted by atomic mass is 19.3. The first-order chi connectivity index (χ1) is 8.49. The number of alkyl halides is 2. The van der Waals surface area contributed by atoms with Gasteiger partial charge in [-0.15, -0.1) is 0 Å². The van der Waals surface area contributed by atoms with Crippen LogP contribution in [0.25, 0.3) is 0 Å². The van der Waals surface area contributed by atoms with Crippen LogP contribution in [0, 0.1) is 17.1 Å². The average molecular weight is 257 g/mol. The normalized spacial score (nSPS) is 10.2. The van der Waals surface area contributed by atoms with Crippen molar-refractivity contribution in [3.63, 3.8) is 0 Å². The van der Waals surface area contributed by atoms with E-state index in [0.717, 1.165) is 12.1 Å². The van der Waals surface area contributed by atoms with Crippen molar-refractivity contribution in [2.45, 2.75) is 19.8 Å². The van der Waals surface area contributed by atoms with Gasteiger partial charge in [0.2, 0.25) is 0 Å². The molecular weight excluding hydrogens is 247 g/mol. The molecule has 0 bridgehead atoms. The van der Waals surface area contributed by atoms with Gasteiger partial charge in [0.15, 0.2) is 0 Å². The van der Waals surface area contributed by atoms with Gasteiger partial charge in [0.1, 0.15) is 5.82 Å². The van der Waals surface area contributed by atoms with Gasteiger partial charge >= 0.3 is 5.97 Å². The van der Waals surface area contributed by atoms with E-state index < -0.39 is 35.8 Å². The van der Waals surface area contributed by atoms with Crippen LogP contribution in [-0.2, 0) is 16.0 Å². The highest BCUT2D eigenvalue weighted by molar-refractivity contribution is 5.73. The lowest BCUT2D eigenvalue weighted by Crippen LogP contribution is -2.11. The zero-order valence-electron chi connectivity index (χ0n) is 9.54. The van der Waals surface area contributed by atoms with E-state index in [2.05, 4.69) is 4.74 Å². The standard InChI is InChI=1S/C12H10F3NO2/c1-2-18-11(17)5-8-9(12(14)15)3-7(6-16)4-10(8)13/h3-4,12H,2,5H2,1H3. The molecule has 0 fully saturated rings. The maximum atomic E-state index is 13.6. The molecule has 1 aromatic carbocycles. The van der Waals surface area contributed by atoms with Crippen LogP contribution in [0.3, 0.4) is 0 Å². The minimum Gasteiger partial charge on any atom is -0.466 e. The summed E-state index contributed by atoms with van der Waals surface area (Å²) in [6.45, 7) is 1.64. The Labute approximate surface area is 102 Å². The Morgan fingerprint density at radius 3 is 2.67 bits per heavy atom. The predicted molar refractivity (Wildman–Crippen MR) is 56.4 cm³/mol. The molecule has 0 saturated heterocycles. The summed E-state index contributed by atoms with van der Waals surface area (Å²) in [7, 11) is 0. The molecular formula is C12H10F3NO2. The average Bonchev–Trinajstić information content (AvgIpc) is 2.31. The Morgan fingerprint density at radius 2 is 2.17 bits per heavy atom. The van der Waals surface area contributed by atoms with Gasteiger partial charge in [0.25, 0.3) is 6.43 Å². The number of nitriles is 1. The predicted octanol–water partition coefficient (Wildman–Crippen LogP) is 2.74. The van der Waals surface area contributed by atoms with E-state index >= 15 is 0 Å². The van der Waals surface area contributed by atoms with Crippen molar-refractivity contribution in [3.8, 4) is 6.07 Å². The molecule has 0 atom stereocenters. The third kappa shape index (κ3) is 3.23. The van der Waals surface area contributed by atoms with Crippen LogP contribution in [0.1, 0.15) is 30.0 Å². The first-order valence-corrected chi connectivity index (χ1v) is 5.15. The number of nitrogens with zero attached hydrogens (tertiary/aromatic N) is 1. The Bertz CT molecular complexity index is 495. The van der Waals surface area contributed by atoms with Crippen molar-refractivity contribution in [1.29, 1.82) is 5.26 Å². The molecule has 0 aliphatic rings. The van der Waals surface area contributed by atoms with Gasteiger partial charge in [-0.25, -0.2) is 13.2 Å². The molecule has 0 radical (unpaired) electrons. The number of hydrogen-bond donors (Lipinski definition) is 0. The molecule has 1 rings (SSSR count). The molecule has 0 heterocycles. The molecule has 1 aromatic rings. The third-order valence-electron chi connectivity index (χ3n) is 2.22. The van der Waals surface area contributed by atoms with E-state index in [9.17, 15) is 18.0 Å². The Hall–Kier alpha value is -2.03. The molecule has 0 spiro atoms. The second-order valence-corrected chi connectivity index (χ2v) is 3.42. The van der Waals surface area contributed by atoms with Gasteiger partial charge in [-0.05, 0) is 19.1 Å². The van der Waals surface area contributed by atoms with Gasteiger partial charge in [-0.2, -0.15) is 5.26 Å². The summed E-state index contributed by atoms with van der Waals surface area (Å²) in [6, 6.07) is 3.28. The van der Waals surface area contributed by atoms with E-state index in [1.807, 2.05) is 0 Å². The van der Waals surface area contributed by atoms with E-state index in [1.165, 1.54) is 0 Å². The van der Waals surface area contributed by atoms with Gasteiger partial charge in [-0.1, -0.05) is 0 Å². The first kappa shape index (κ1) is 14.0. The lowest BCUT2D eigenvalue weighted by atomic mass is 10.0. The first-order valence-electron chi connectivity index (χ1n) is 5.15. The molecule has 18 heavy (non-hydrogen) atoms. The molecule has 0 N–H and O–H groups in total.